The Morgan fingerprint density at radius 1 is 1.04 bits per heavy atom. The van der Waals surface area contributed by atoms with E-state index in [1.807, 2.05) is 24.3 Å². The molecular formula is C19H21N3O2. The standard InChI is InChI=1S/C19H21N3O2/c20-14-3-7-17(8-4-14)24-16-5-1-12(2-6-16)19(23)22-18-10-15-9-13(18)11-21-15/h1-8,13,15,18,21H,9-11,20H2,(H,22,23). The van der Waals surface area contributed by atoms with E-state index in [0.717, 1.165) is 18.7 Å². The molecule has 3 unspecified atom stereocenters. The van der Waals surface area contributed by atoms with Gasteiger partial charge in [-0.25, -0.2) is 0 Å². The van der Waals surface area contributed by atoms with E-state index in [1.165, 1.54) is 6.42 Å². The number of hydrogen-bond donors (Lipinski definition) is 3. The third-order valence-corrected chi connectivity index (χ3v) is 4.91. The minimum atomic E-state index is -0.00779. The summed E-state index contributed by atoms with van der Waals surface area (Å²) in [7, 11) is 0. The van der Waals surface area contributed by atoms with Crippen LogP contribution in [0.15, 0.2) is 48.5 Å². The van der Waals surface area contributed by atoms with Crippen molar-refractivity contribution in [3.8, 4) is 11.5 Å². The largest absolute Gasteiger partial charge is 0.457 e. The molecule has 2 aliphatic rings. The molecule has 3 atom stereocenters. The van der Waals surface area contributed by atoms with Crippen molar-refractivity contribution in [2.75, 3.05) is 12.3 Å². The third-order valence-electron chi connectivity index (χ3n) is 4.91. The van der Waals surface area contributed by atoms with Crippen molar-refractivity contribution < 1.29 is 9.53 Å². The zero-order valence-electron chi connectivity index (χ0n) is 13.4. The van der Waals surface area contributed by atoms with Gasteiger partial charge in [-0.05, 0) is 67.3 Å². The first-order valence-corrected chi connectivity index (χ1v) is 8.35. The summed E-state index contributed by atoms with van der Waals surface area (Å²) in [5, 5.41) is 6.63. The van der Waals surface area contributed by atoms with Gasteiger partial charge in [0.1, 0.15) is 11.5 Å². The summed E-state index contributed by atoms with van der Waals surface area (Å²) in [6, 6.07) is 15.3. The summed E-state index contributed by atoms with van der Waals surface area (Å²) < 4.78 is 5.75. The normalized spacial score (nSPS) is 24.8. The molecule has 4 rings (SSSR count). The molecule has 0 spiro atoms. The Bertz CT molecular complexity index is 727. The van der Waals surface area contributed by atoms with Crippen molar-refractivity contribution in [2.45, 2.75) is 24.9 Å². The van der Waals surface area contributed by atoms with Crippen LogP contribution in [0.25, 0.3) is 0 Å². The lowest BCUT2D eigenvalue weighted by molar-refractivity contribution is 0.0925. The average molecular weight is 323 g/mol. The first kappa shape index (κ1) is 15.0. The number of hydrogen-bond acceptors (Lipinski definition) is 4. The number of amides is 1. The van der Waals surface area contributed by atoms with Crippen LogP contribution in [0, 0.1) is 5.92 Å². The number of ether oxygens (including phenoxy) is 1. The highest BCUT2D eigenvalue weighted by molar-refractivity contribution is 5.94. The third kappa shape index (κ3) is 3.08. The molecular weight excluding hydrogens is 302 g/mol. The van der Waals surface area contributed by atoms with Crippen molar-refractivity contribution in [1.82, 2.24) is 10.6 Å². The van der Waals surface area contributed by atoms with Crippen molar-refractivity contribution in [3.63, 3.8) is 0 Å². The van der Waals surface area contributed by atoms with E-state index in [4.69, 9.17) is 10.5 Å². The van der Waals surface area contributed by atoms with Crippen LogP contribution in [-0.2, 0) is 0 Å². The van der Waals surface area contributed by atoms with Gasteiger partial charge in [0, 0.05) is 29.9 Å². The summed E-state index contributed by atoms with van der Waals surface area (Å²) in [5.74, 6) is 1.98. The molecule has 0 aromatic heterocycles. The van der Waals surface area contributed by atoms with Crippen molar-refractivity contribution in [2.24, 2.45) is 5.92 Å². The molecule has 5 heteroatoms. The number of carbonyl (C=O) groups excluding carboxylic acids is 1. The number of benzene rings is 2. The predicted octanol–water partition coefficient (Wildman–Crippen LogP) is 2.54. The first-order chi connectivity index (χ1) is 11.7. The lowest BCUT2D eigenvalue weighted by Gasteiger charge is -2.23. The van der Waals surface area contributed by atoms with Crippen molar-refractivity contribution in [3.05, 3.63) is 54.1 Å². The lowest BCUT2D eigenvalue weighted by Crippen LogP contribution is -2.44. The molecule has 1 aliphatic heterocycles. The summed E-state index contributed by atoms with van der Waals surface area (Å²) >= 11 is 0. The molecule has 5 nitrogen and oxygen atoms in total. The maximum atomic E-state index is 12.4. The second-order valence-electron chi connectivity index (χ2n) is 6.61. The Morgan fingerprint density at radius 3 is 2.29 bits per heavy atom. The molecule has 1 heterocycles. The minimum absolute atomic E-state index is 0.00779. The molecule has 0 radical (unpaired) electrons. The van der Waals surface area contributed by atoms with Gasteiger partial charge in [-0.15, -0.1) is 0 Å². The van der Waals surface area contributed by atoms with Crippen LogP contribution in [0.5, 0.6) is 11.5 Å². The number of carbonyl (C=O) groups is 1. The lowest BCUT2D eigenvalue weighted by atomic mass is 10.0. The summed E-state index contributed by atoms with van der Waals surface area (Å²) in [4.78, 5) is 12.4. The molecule has 1 saturated carbocycles. The Morgan fingerprint density at radius 2 is 1.71 bits per heavy atom. The molecule has 1 saturated heterocycles. The molecule has 2 bridgehead atoms. The van der Waals surface area contributed by atoms with Gasteiger partial charge in [0.15, 0.2) is 0 Å². The molecule has 1 amide bonds. The maximum Gasteiger partial charge on any atom is 0.251 e. The van der Waals surface area contributed by atoms with E-state index in [2.05, 4.69) is 10.6 Å². The van der Waals surface area contributed by atoms with Gasteiger partial charge in [-0.1, -0.05) is 0 Å². The Labute approximate surface area is 141 Å². The maximum absolute atomic E-state index is 12.4. The molecule has 1 aliphatic carbocycles. The topological polar surface area (TPSA) is 76.4 Å². The zero-order valence-corrected chi connectivity index (χ0v) is 13.4. The minimum Gasteiger partial charge on any atom is -0.457 e. The number of fused-ring (bicyclic) bond motifs is 2. The van der Waals surface area contributed by atoms with Gasteiger partial charge in [0.05, 0.1) is 0 Å². The number of nitrogens with two attached hydrogens (primary N) is 1. The van der Waals surface area contributed by atoms with Crippen LogP contribution in [0.2, 0.25) is 0 Å². The second kappa shape index (κ2) is 6.17. The Hall–Kier alpha value is -2.53. The van der Waals surface area contributed by atoms with E-state index >= 15 is 0 Å². The van der Waals surface area contributed by atoms with E-state index in [0.29, 0.717) is 35.0 Å². The van der Waals surface area contributed by atoms with Crippen molar-refractivity contribution >= 4 is 11.6 Å². The molecule has 24 heavy (non-hydrogen) atoms. The van der Waals surface area contributed by atoms with Crippen LogP contribution < -0.4 is 21.1 Å². The smallest absolute Gasteiger partial charge is 0.251 e. The predicted molar refractivity (Wildman–Crippen MR) is 93.1 cm³/mol. The van der Waals surface area contributed by atoms with Crippen LogP contribution >= 0.6 is 0 Å². The molecule has 4 N–H and O–H groups in total. The quantitative estimate of drug-likeness (QED) is 0.756. The number of nitrogen functional groups attached to an aromatic ring is 1. The van der Waals surface area contributed by atoms with E-state index in [1.54, 1.807) is 24.3 Å². The Kier molecular flexibility index (Phi) is 3.86. The second-order valence-corrected chi connectivity index (χ2v) is 6.61. The summed E-state index contributed by atoms with van der Waals surface area (Å²) in [6.07, 6.45) is 2.22. The fourth-order valence-electron chi connectivity index (χ4n) is 3.61. The highest BCUT2D eigenvalue weighted by Gasteiger charge is 2.39. The first-order valence-electron chi connectivity index (χ1n) is 8.35. The average Bonchev–Trinajstić information content (AvgIpc) is 3.20. The highest BCUT2D eigenvalue weighted by Crippen LogP contribution is 2.31. The fourth-order valence-corrected chi connectivity index (χ4v) is 3.61. The summed E-state index contributed by atoms with van der Waals surface area (Å²) in [5.41, 5.74) is 7.02. The zero-order chi connectivity index (χ0) is 16.5. The van der Waals surface area contributed by atoms with Crippen LogP contribution in [-0.4, -0.2) is 24.5 Å². The molecule has 2 aromatic carbocycles. The molecule has 2 fully saturated rings. The van der Waals surface area contributed by atoms with Gasteiger partial charge in [-0.2, -0.15) is 0 Å². The van der Waals surface area contributed by atoms with Crippen LogP contribution in [0.1, 0.15) is 23.2 Å². The van der Waals surface area contributed by atoms with Gasteiger partial charge in [0.2, 0.25) is 0 Å². The van der Waals surface area contributed by atoms with Crippen LogP contribution in [0.3, 0.4) is 0 Å². The van der Waals surface area contributed by atoms with Crippen molar-refractivity contribution in [1.29, 1.82) is 0 Å². The molecule has 2 aromatic rings. The van der Waals surface area contributed by atoms with Gasteiger partial charge in [-0.3, -0.25) is 4.79 Å². The van der Waals surface area contributed by atoms with Gasteiger partial charge in [0.25, 0.3) is 5.91 Å². The monoisotopic (exact) mass is 323 g/mol. The highest BCUT2D eigenvalue weighted by atomic mass is 16.5. The van der Waals surface area contributed by atoms with Crippen LogP contribution in [0.4, 0.5) is 5.69 Å². The fraction of sp³-hybridized carbons (Fsp3) is 0.316. The number of rotatable bonds is 4. The van der Waals surface area contributed by atoms with E-state index in [9.17, 15) is 4.79 Å². The number of piperidine rings is 1. The Balaban J connectivity index is 1.38. The SMILES string of the molecule is Nc1ccc(Oc2ccc(C(=O)NC3CC4CC3CN4)cc2)cc1. The van der Waals surface area contributed by atoms with Gasteiger partial charge >= 0.3 is 0 Å². The van der Waals surface area contributed by atoms with E-state index in [-0.39, 0.29) is 5.91 Å². The molecule has 124 valence electrons. The number of nitrogens with one attached hydrogen (secondary N) is 2. The summed E-state index contributed by atoms with van der Waals surface area (Å²) in [6.45, 7) is 1.02. The van der Waals surface area contributed by atoms with Gasteiger partial charge < -0.3 is 21.1 Å². The van der Waals surface area contributed by atoms with E-state index < -0.39 is 0 Å². The number of anilines is 1.